The maximum absolute atomic E-state index is 9.67. The van der Waals surface area contributed by atoms with Gasteiger partial charge >= 0.3 is 0 Å². The van der Waals surface area contributed by atoms with Crippen LogP contribution in [-0.2, 0) is 5.41 Å². The molecule has 0 saturated carbocycles. The molecule has 1 aliphatic rings. The van der Waals surface area contributed by atoms with Gasteiger partial charge in [0, 0.05) is 33.5 Å². The van der Waals surface area contributed by atoms with Gasteiger partial charge in [-0.1, -0.05) is 140 Å². The second kappa shape index (κ2) is 15.1. The molecule has 65 heavy (non-hydrogen) atoms. The van der Waals surface area contributed by atoms with E-state index >= 15 is 0 Å². The molecule has 1 aliphatic carbocycles. The van der Waals surface area contributed by atoms with E-state index in [1.54, 1.807) is 0 Å². The number of rotatable bonds is 8. The molecular weight excluding hydrogens is 789 g/mol. The van der Waals surface area contributed by atoms with Gasteiger partial charge in [0.05, 0.1) is 39.7 Å². The standard InChI is InChI=1S/C61H38N4/c62-39-42-20-28-49(29-21-42)64(50-30-22-43(40-63)23-31-50)51-32-35-54-53-33-24-41(37-55(53)61(56(54)38-51,46-12-4-1-5-13-46)47-14-6-2-7-15-47)19-25-44-27-36-58-60-52(44)34-26-45-11-10-18-57(59(45)60)65(58)48-16-8-3-9-17-48/h1-38H. The number of fused-ring (bicyclic) bond motifs is 3. The van der Waals surface area contributed by atoms with Crippen molar-refractivity contribution in [3.63, 3.8) is 0 Å². The summed E-state index contributed by atoms with van der Waals surface area (Å²) < 4.78 is 2.39. The zero-order chi connectivity index (χ0) is 43.5. The lowest BCUT2D eigenvalue weighted by Gasteiger charge is -2.35. The van der Waals surface area contributed by atoms with Crippen LogP contribution in [0.15, 0.2) is 218 Å². The van der Waals surface area contributed by atoms with Gasteiger partial charge in [-0.2, -0.15) is 10.5 Å². The number of benzene rings is 10. The number of para-hydroxylation sites is 1. The molecule has 4 heteroatoms. The average molecular weight is 827 g/mol. The highest BCUT2D eigenvalue weighted by atomic mass is 15.1. The number of nitrogens with zero attached hydrogens (tertiary/aromatic N) is 4. The van der Waals surface area contributed by atoms with Gasteiger partial charge in [-0.05, 0) is 146 Å². The van der Waals surface area contributed by atoms with Crippen LogP contribution in [0.4, 0.5) is 17.1 Å². The molecule has 1 aromatic heterocycles. The van der Waals surface area contributed by atoms with Crippen LogP contribution in [-0.4, -0.2) is 4.57 Å². The predicted molar refractivity (Wildman–Crippen MR) is 266 cm³/mol. The summed E-state index contributed by atoms with van der Waals surface area (Å²) in [6, 6.07) is 81.7. The Hall–Kier alpha value is -8.96. The minimum absolute atomic E-state index is 0.594. The van der Waals surface area contributed by atoms with E-state index in [-0.39, 0.29) is 0 Å². The van der Waals surface area contributed by atoms with Crippen LogP contribution in [0, 0.1) is 22.7 Å². The van der Waals surface area contributed by atoms with E-state index in [0.717, 1.165) is 28.3 Å². The second-order valence-electron chi connectivity index (χ2n) is 16.7. The maximum atomic E-state index is 9.67. The van der Waals surface area contributed by atoms with Crippen LogP contribution < -0.4 is 4.90 Å². The number of hydrogen-bond donors (Lipinski definition) is 0. The molecule has 0 amide bonds. The van der Waals surface area contributed by atoms with Crippen molar-refractivity contribution in [3.05, 3.63) is 263 Å². The van der Waals surface area contributed by atoms with Crippen molar-refractivity contribution in [1.82, 2.24) is 4.57 Å². The van der Waals surface area contributed by atoms with Gasteiger partial charge in [0.1, 0.15) is 0 Å². The summed E-state index contributed by atoms with van der Waals surface area (Å²) in [6.45, 7) is 0. The summed E-state index contributed by atoms with van der Waals surface area (Å²) in [5.74, 6) is 0. The predicted octanol–water partition coefficient (Wildman–Crippen LogP) is 15.1. The Morgan fingerprint density at radius 1 is 0.446 bits per heavy atom. The lowest BCUT2D eigenvalue weighted by molar-refractivity contribution is 0.768. The Morgan fingerprint density at radius 3 is 1.65 bits per heavy atom. The fraction of sp³-hybridized carbons (Fsp3) is 0.0164. The quantitative estimate of drug-likeness (QED) is 0.113. The summed E-state index contributed by atoms with van der Waals surface area (Å²) in [4.78, 5) is 2.21. The first-order chi connectivity index (χ1) is 32.1. The molecule has 12 rings (SSSR count). The Balaban J connectivity index is 1.04. The molecule has 0 radical (unpaired) electrons. The maximum Gasteiger partial charge on any atom is 0.0991 e. The molecule has 0 saturated heterocycles. The highest BCUT2D eigenvalue weighted by molar-refractivity contribution is 6.25. The molecule has 11 aromatic rings. The first kappa shape index (κ1) is 37.8. The van der Waals surface area contributed by atoms with Crippen molar-refractivity contribution in [2.75, 3.05) is 4.90 Å². The SMILES string of the molecule is N#Cc1ccc(N(c2ccc(C#N)cc2)c2ccc3c(c2)C(c2ccccc2)(c2ccccc2)c2cc(C=Cc4ccc5c6c4ccc4cccc(c46)n5-c4ccccc4)ccc2-3)cc1. The topological polar surface area (TPSA) is 55.8 Å². The minimum Gasteiger partial charge on any atom is -0.310 e. The van der Waals surface area contributed by atoms with Crippen molar-refractivity contribution in [1.29, 1.82) is 10.5 Å². The van der Waals surface area contributed by atoms with Crippen LogP contribution in [0.3, 0.4) is 0 Å². The lowest BCUT2D eigenvalue weighted by Crippen LogP contribution is -2.28. The summed E-state index contributed by atoms with van der Waals surface area (Å²) in [5, 5.41) is 24.4. The number of anilines is 3. The van der Waals surface area contributed by atoms with Crippen LogP contribution in [0.1, 0.15) is 44.5 Å². The number of hydrogen-bond acceptors (Lipinski definition) is 3. The molecule has 0 spiro atoms. The van der Waals surface area contributed by atoms with E-state index in [0.29, 0.717) is 11.1 Å². The van der Waals surface area contributed by atoms with Gasteiger partial charge in [0.2, 0.25) is 0 Å². The van der Waals surface area contributed by atoms with Crippen molar-refractivity contribution in [2.45, 2.75) is 5.41 Å². The minimum atomic E-state index is -0.655. The first-order valence-corrected chi connectivity index (χ1v) is 21.9. The molecule has 302 valence electrons. The summed E-state index contributed by atoms with van der Waals surface area (Å²) in [5.41, 5.74) is 16.3. The molecule has 4 nitrogen and oxygen atoms in total. The van der Waals surface area contributed by atoms with Crippen molar-refractivity contribution in [3.8, 4) is 29.0 Å². The smallest absolute Gasteiger partial charge is 0.0991 e. The molecule has 0 N–H and O–H groups in total. The van der Waals surface area contributed by atoms with Gasteiger partial charge in [0.15, 0.2) is 0 Å². The van der Waals surface area contributed by atoms with E-state index in [2.05, 4.69) is 204 Å². The average Bonchev–Trinajstić information content (AvgIpc) is 3.87. The molecule has 0 atom stereocenters. The van der Waals surface area contributed by atoms with E-state index in [9.17, 15) is 10.5 Å². The van der Waals surface area contributed by atoms with Crippen LogP contribution >= 0.6 is 0 Å². The largest absolute Gasteiger partial charge is 0.310 e. The number of nitriles is 2. The molecule has 0 aliphatic heterocycles. The Labute approximate surface area is 377 Å². The van der Waals surface area contributed by atoms with Gasteiger partial charge in [0.25, 0.3) is 0 Å². The van der Waals surface area contributed by atoms with E-state index in [4.69, 9.17) is 0 Å². The zero-order valence-electron chi connectivity index (χ0n) is 35.2. The highest BCUT2D eigenvalue weighted by Crippen LogP contribution is 2.57. The highest BCUT2D eigenvalue weighted by Gasteiger charge is 2.46. The van der Waals surface area contributed by atoms with E-state index in [1.807, 2.05) is 48.5 Å². The summed E-state index contributed by atoms with van der Waals surface area (Å²) in [7, 11) is 0. The second-order valence-corrected chi connectivity index (χ2v) is 16.7. The Kier molecular flexibility index (Phi) is 8.80. The van der Waals surface area contributed by atoms with Crippen molar-refractivity contribution < 1.29 is 0 Å². The fourth-order valence-corrected chi connectivity index (χ4v) is 10.5. The van der Waals surface area contributed by atoms with Crippen LogP contribution in [0.2, 0.25) is 0 Å². The van der Waals surface area contributed by atoms with Crippen LogP contribution in [0.25, 0.3) is 61.5 Å². The Bertz CT molecular complexity index is 3610. The monoisotopic (exact) mass is 826 g/mol. The third-order valence-corrected chi connectivity index (χ3v) is 13.3. The summed E-state index contributed by atoms with van der Waals surface area (Å²) in [6.07, 6.45) is 4.55. The number of aromatic nitrogens is 1. The molecule has 0 fully saturated rings. The molecule has 10 aromatic carbocycles. The molecular formula is C61H38N4. The third kappa shape index (κ3) is 5.90. The normalized spacial score (nSPS) is 12.6. The van der Waals surface area contributed by atoms with Crippen molar-refractivity contribution in [2.24, 2.45) is 0 Å². The first-order valence-electron chi connectivity index (χ1n) is 21.9. The molecule has 1 heterocycles. The van der Waals surface area contributed by atoms with Gasteiger partial charge in [-0.15, -0.1) is 0 Å². The van der Waals surface area contributed by atoms with E-state index in [1.165, 1.54) is 71.5 Å². The van der Waals surface area contributed by atoms with Crippen molar-refractivity contribution >= 4 is 61.8 Å². The van der Waals surface area contributed by atoms with E-state index < -0.39 is 5.41 Å². The lowest BCUT2D eigenvalue weighted by atomic mass is 9.67. The molecule has 0 unspecified atom stereocenters. The summed E-state index contributed by atoms with van der Waals surface area (Å²) >= 11 is 0. The van der Waals surface area contributed by atoms with Gasteiger partial charge in [-0.3, -0.25) is 0 Å². The zero-order valence-corrected chi connectivity index (χ0v) is 35.2. The third-order valence-electron chi connectivity index (χ3n) is 13.3. The Morgan fingerprint density at radius 2 is 1.02 bits per heavy atom. The van der Waals surface area contributed by atoms with Crippen LogP contribution in [0.5, 0.6) is 0 Å². The van der Waals surface area contributed by atoms with Gasteiger partial charge < -0.3 is 9.47 Å². The molecule has 0 bridgehead atoms. The fourth-order valence-electron chi connectivity index (χ4n) is 10.5. The van der Waals surface area contributed by atoms with Gasteiger partial charge in [-0.25, -0.2) is 0 Å².